The van der Waals surface area contributed by atoms with Crippen LogP contribution in [0.1, 0.15) is 142 Å². The molecule has 0 aliphatic carbocycles. The van der Waals surface area contributed by atoms with Crippen molar-refractivity contribution in [1.82, 2.24) is 0 Å². The molecule has 0 saturated heterocycles. The van der Waals surface area contributed by atoms with Crippen molar-refractivity contribution in [3.8, 4) is 34.5 Å². The van der Waals surface area contributed by atoms with E-state index in [9.17, 15) is 9.59 Å². The molecule has 1 atom stereocenters. The standard InChI is InChI=1S/C50H66O7.C2H6/c1-17-50(16,34-18-22-38(23-19-34)54-42(51)46(8,9)44(2,3)4)35-20-24-40(25-21-35)57-49(14,15)47(10,11)43(52)55-39-28-26-36(27-29-39)53-37-30-32-41(33-31-37)56-48(12,13)45(5,6)7;1-2/h18-33H,17H2,1-16H3;1-2H3. The predicted molar refractivity (Wildman–Crippen MR) is 241 cm³/mol. The Labute approximate surface area is 356 Å². The number of carbonyl (C=O) groups excluding carboxylic acids is 2. The zero-order valence-corrected chi connectivity index (χ0v) is 39.3. The summed E-state index contributed by atoms with van der Waals surface area (Å²) in [6, 6.07) is 30.4. The third-order valence-corrected chi connectivity index (χ3v) is 12.9. The van der Waals surface area contributed by atoms with E-state index in [4.69, 9.17) is 23.7 Å². The average Bonchev–Trinajstić information content (AvgIpc) is 3.16. The average molecular weight is 809 g/mol. The van der Waals surface area contributed by atoms with Crippen molar-refractivity contribution in [1.29, 1.82) is 0 Å². The second-order valence-electron chi connectivity index (χ2n) is 19.5. The normalized spacial score (nSPS) is 13.6. The van der Waals surface area contributed by atoms with Crippen LogP contribution < -0.4 is 23.7 Å². The van der Waals surface area contributed by atoms with Crippen molar-refractivity contribution in [2.24, 2.45) is 21.7 Å². The van der Waals surface area contributed by atoms with Gasteiger partial charge in [-0.15, -0.1) is 0 Å². The number of rotatable bonds is 14. The molecule has 0 heterocycles. The maximum atomic E-state index is 13.6. The molecule has 0 saturated carbocycles. The summed E-state index contributed by atoms with van der Waals surface area (Å²) in [5, 5.41) is 0. The van der Waals surface area contributed by atoms with E-state index >= 15 is 0 Å². The van der Waals surface area contributed by atoms with Gasteiger partial charge in [-0.05, 0) is 151 Å². The molecule has 7 heteroatoms. The highest BCUT2D eigenvalue weighted by atomic mass is 16.5. The molecule has 59 heavy (non-hydrogen) atoms. The zero-order valence-electron chi connectivity index (χ0n) is 39.3. The van der Waals surface area contributed by atoms with Crippen LogP contribution >= 0.6 is 0 Å². The summed E-state index contributed by atoms with van der Waals surface area (Å²) in [6.45, 7) is 36.4. The van der Waals surface area contributed by atoms with Gasteiger partial charge in [0.1, 0.15) is 51.1 Å². The lowest BCUT2D eigenvalue weighted by Gasteiger charge is -2.39. The van der Waals surface area contributed by atoms with Gasteiger partial charge in [-0.2, -0.15) is 0 Å². The lowest BCUT2D eigenvalue weighted by atomic mass is 9.69. The van der Waals surface area contributed by atoms with Gasteiger partial charge < -0.3 is 23.7 Å². The Balaban J connectivity index is 0.00000458. The maximum absolute atomic E-state index is 13.6. The fourth-order valence-electron chi connectivity index (χ4n) is 5.54. The Bertz CT molecular complexity index is 1970. The summed E-state index contributed by atoms with van der Waals surface area (Å²) in [6.07, 6.45) is 0.847. The first kappa shape index (κ1) is 48.6. The smallest absolute Gasteiger partial charge is 0.320 e. The van der Waals surface area contributed by atoms with Gasteiger partial charge in [0.05, 0.1) is 5.41 Å². The first-order chi connectivity index (χ1) is 27.1. The Morgan fingerprint density at radius 2 is 0.712 bits per heavy atom. The third-order valence-electron chi connectivity index (χ3n) is 12.9. The number of hydrogen-bond donors (Lipinski definition) is 0. The molecule has 0 fully saturated rings. The van der Waals surface area contributed by atoms with Gasteiger partial charge in [0.2, 0.25) is 0 Å². The maximum Gasteiger partial charge on any atom is 0.320 e. The molecule has 4 aromatic carbocycles. The molecule has 7 nitrogen and oxygen atoms in total. The van der Waals surface area contributed by atoms with E-state index in [2.05, 4.69) is 60.6 Å². The fourth-order valence-corrected chi connectivity index (χ4v) is 5.54. The minimum absolute atomic E-state index is 0.0300. The van der Waals surface area contributed by atoms with Crippen LogP contribution in [0.3, 0.4) is 0 Å². The zero-order chi connectivity index (χ0) is 44.8. The van der Waals surface area contributed by atoms with Crippen molar-refractivity contribution in [3.63, 3.8) is 0 Å². The van der Waals surface area contributed by atoms with Gasteiger partial charge in [-0.25, -0.2) is 0 Å². The highest BCUT2D eigenvalue weighted by molar-refractivity contribution is 5.80. The molecule has 0 aliphatic heterocycles. The molecule has 0 aromatic heterocycles. The molecular weight excluding hydrogens is 737 g/mol. The minimum atomic E-state index is -1.02. The molecule has 4 aromatic rings. The SMILES string of the molecule is CC.CCC(C)(c1ccc(OC(=O)C(C)(C)C(C)(C)C)cc1)c1ccc(OC(C)(C)C(C)(C)C(=O)Oc2ccc(Oc3ccc(OC(C)(C)C(C)(C)C)cc3)cc2)cc1. The largest absolute Gasteiger partial charge is 0.487 e. The topological polar surface area (TPSA) is 80.3 Å². The number of carbonyl (C=O) groups is 2. The van der Waals surface area contributed by atoms with Gasteiger partial charge in [0.25, 0.3) is 0 Å². The monoisotopic (exact) mass is 809 g/mol. The Hall–Kier alpha value is -4.78. The van der Waals surface area contributed by atoms with E-state index in [1.54, 1.807) is 24.3 Å². The van der Waals surface area contributed by atoms with Crippen LogP contribution in [-0.2, 0) is 15.0 Å². The number of esters is 2. The predicted octanol–water partition coefficient (Wildman–Crippen LogP) is 14.2. The van der Waals surface area contributed by atoms with Gasteiger partial charge >= 0.3 is 11.9 Å². The third kappa shape index (κ3) is 11.3. The fraction of sp³-hybridized carbons (Fsp3) is 0.500. The second-order valence-corrected chi connectivity index (χ2v) is 19.5. The highest BCUT2D eigenvalue weighted by Crippen LogP contribution is 2.42. The number of hydrogen-bond acceptors (Lipinski definition) is 7. The summed E-state index contributed by atoms with van der Waals surface area (Å²) in [4.78, 5) is 26.6. The molecule has 4 rings (SSSR count). The summed E-state index contributed by atoms with van der Waals surface area (Å²) >= 11 is 0. The van der Waals surface area contributed by atoms with E-state index < -0.39 is 22.4 Å². The van der Waals surface area contributed by atoms with Crippen LogP contribution in [0, 0.1) is 21.7 Å². The van der Waals surface area contributed by atoms with Gasteiger partial charge in [0.15, 0.2) is 0 Å². The van der Waals surface area contributed by atoms with Gasteiger partial charge in [-0.3, -0.25) is 9.59 Å². The number of benzene rings is 4. The van der Waals surface area contributed by atoms with Crippen molar-refractivity contribution in [2.75, 3.05) is 0 Å². The summed E-state index contributed by atoms with van der Waals surface area (Å²) < 4.78 is 30.5. The minimum Gasteiger partial charge on any atom is -0.487 e. The molecule has 0 radical (unpaired) electrons. The van der Waals surface area contributed by atoms with Gasteiger partial charge in [0, 0.05) is 10.8 Å². The van der Waals surface area contributed by atoms with Crippen molar-refractivity contribution < 1.29 is 33.3 Å². The van der Waals surface area contributed by atoms with E-state index in [1.807, 2.05) is 137 Å². The van der Waals surface area contributed by atoms with Crippen molar-refractivity contribution in [3.05, 3.63) is 108 Å². The van der Waals surface area contributed by atoms with Crippen LogP contribution in [0.25, 0.3) is 0 Å². The Kier molecular flexibility index (Phi) is 15.0. The molecule has 322 valence electrons. The summed E-state index contributed by atoms with van der Waals surface area (Å²) in [5.41, 5.74) is -1.27. The first-order valence-corrected chi connectivity index (χ1v) is 21.0. The van der Waals surface area contributed by atoms with E-state index in [1.165, 1.54) is 0 Å². The van der Waals surface area contributed by atoms with E-state index in [0.717, 1.165) is 23.3 Å². The lowest BCUT2D eigenvalue weighted by Crippen LogP contribution is -2.51. The van der Waals surface area contributed by atoms with Crippen molar-refractivity contribution in [2.45, 2.75) is 148 Å². The van der Waals surface area contributed by atoms with E-state index in [-0.39, 0.29) is 27.8 Å². The van der Waals surface area contributed by atoms with Gasteiger partial charge in [-0.1, -0.05) is 93.5 Å². The first-order valence-electron chi connectivity index (χ1n) is 21.0. The Morgan fingerprint density at radius 1 is 0.407 bits per heavy atom. The summed E-state index contributed by atoms with van der Waals surface area (Å²) in [5.74, 6) is 2.98. The Morgan fingerprint density at radius 3 is 1.07 bits per heavy atom. The van der Waals surface area contributed by atoms with Crippen LogP contribution in [0.5, 0.6) is 34.5 Å². The molecule has 1 unspecified atom stereocenters. The lowest BCUT2D eigenvalue weighted by molar-refractivity contribution is -0.155. The molecule has 0 spiro atoms. The van der Waals surface area contributed by atoms with Crippen molar-refractivity contribution >= 4 is 11.9 Å². The van der Waals surface area contributed by atoms with Crippen LogP contribution in [0.15, 0.2) is 97.1 Å². The summed E-state index contributed by atoms with van der Waals surface area (Å²) in [7, 11) is 0. The molecule has 0 bridgehead atoms. The quantitative estimate of drug-likeness (QED) is 0.0927. The molecule has 0 N–H and O–H groups in total. The second kappa shape index (κ2) is 18.2. The molecule has 0 amide bonds. The van der Waals surface area contributed by atoms with Crippen LogP contribution in [0.4, 0.5) is 0 Å². The van der Waals surface area contributed by atoms with E-state index in [0.29, 0.717) is 28.7 Å². The number of ether oxygens (including phenoxy) is 5. The van der Waals surface area contributed by atoms with Crippen LogP contribution in [-0.4, -0.2) is 23.1 Å². The molecule has 0 aliphatic rings. The highest BCUT2D eigenvalue weighted by Gasteiger charge is 2.47. The van der Waals surface area contributed by atoms with Crippen LogP contribution in [0.2, 0.25) is 0 Å². The molecular formula is C52H72O7.